The van der Waals surface area contributed by atoms with Gasteiger partial charge in [0.15, 0.2) is 0 Å². The van der Waals surface area contributed by atoms with Gasteiger partial charge < -0.3 is 15.0 Å². The zero-order valence-corrected chi connectivity index (χ0v) is 16.1. The smallest absolute Gasteiger partial charge is 0.220 e. The van der Waals surface area contributed by atoms with Crippen molar-refractivity contribution in [3.63, 3.8) is 0 Å². The van der Waals surface area contributed by atoms with E-state index in [1.165, 1.54) is 19.3 Å². The van der Waals surface area contributed by atoms with Crippen molar-refractivity contribution in [3.8, 4) is 5.75 Å². The van der Waals surface area contributed by atoms with Crippen LogP contribution in [0, 0.1) is 6.92 Å². The Morgan fingerprint density at radius 1 is 1.15 bits per heavy atom. The molecule has 0 bridgehead atoms. The molecule has 0 spiro atoms. The number of nitrogens with one attached hydrogen (secondary N) is 1. The summed E-state index contributed by atoms with van der Waals surface area (Å²) in [6, 6.07) is 12.0. The van der Waals surface area contributed by atoms with Crippen LogP contribution in [0.2, 0.25) is 0 Å². The molecule has 0 saturated carbocycles. The maximum atomic E-state index is 12.0. The molecule has 1 saturated heterocycles. The van der Waals surface area contributed by atoms with Crippen LogP contribution in [0.3, 0.4) is 0 Å². The van der Waals surface area contributed by atoms with Crippen LogP contribution in [0.1, 0.15) is 43.2 Å². The number of rotatable bonds is 8. The van der Waals surface area contributed by atoms with Crippen LogP contribution >= 0.6 is 0 Å². The third-order valence-corrected chi connectivity index (χ3v) is 4.88. The van der Waals surface area contributed by atoms with E-state index in [1.54, 1.807) is 0 Å². The summed E-state index contributed by atoms with van der Waals surface area (Å²) < 4.78 is 5.73. The van der Waals surface area contributed by atoms with E-state index in [1.807, 2.05) is 37.4 Å². The quantitative estimate of drug-likeness (QED) is 0.720. The Morgan fingerprint density at radius 3 is 2.70 bits per heavy atom. The first-order chi connectivity index (χ1) is 13.2. The molecule has 1 aliphatic rings. The third-order valence-electron chi connectivity index (χ3n) is 4.88. The first-order valence-corrected chi connectivity index (χ1v) is 9.87. The number of benzene rings is 1. The van der Waals surface area contributed by atoms with Gasteiger partial charge in [-0.1, -0.05) is 24.3 Å². The van der Waals surface area contributed by atoms with Crippen molar-refractivity contribution >= 4 is 11.7 Å². The Kier molecular flexibility index (Phi) is 7.08. The van der Waals surface area contributed by atoms with E-state index in [4.69, 9.17) is 4.74 Å². The van der Waals surface area contributed by atoms with Gasteiger partial charge in [-0.2, -0.15) is 0 Å². The van der Waals surface area contributed by atoms with Crippen molar-refractivity contribution in [2.45, 2.75) is 45.6 Å². The molecule has 0 unspecified atom stereocenters. The van der Waals surface area contributed by atoms with Crippen LogP contribution in [0.5, 0.6) is 5.75 Å². The number of piperidine rings is 1. The van der Waals surface area contributed by atoms with Gasteiger partial charge in [-0.05, 0) is 55.9 Å². The Hall–Kier alpha value is -2.56. The molecule has 2 heterocycles. The molecule has 0 atom stereocenters. The van der Waals surface area contributed by atoms with Gasteiger partial charge in [-0.25, -0.2) is 4.98 Å². The highest BCUT2D eigenvalue weighted by atomic mass is 16.5. The molecule has 1 aromatic heterocycles. The maximum Gasteiger partial charge on any atom is 0.220 e. The average Bonchev–Trinajstić information content (AvgIpc) is 2.72. The largest absolute Gasteiger partial charge is 0.493 e. The summed E-state index contributed by atoms with van der Waals surface area (Å²) >= 11 is 0. The maximum absolute atomic E-state index is 12.0. The third kappa shape index (κ3) is 5.98. The minimum absolute atomic E-state index is 0.0449. The highest BCUT2D eigenvalue weighted by Crippen LogP contribution is 2.18. The first kappa shape index (κ1) is 19.2. The molecule has 144 valence electrons. The molecule has 1 amide bonds. The van der Waals surface area contributed by atoms with Gasteiger partial charge in [0.2, 0.25) is 5.91 Å². The van der Waals surface area contributed by atoms with Crippen molar-refractivity contribution < 1.29 is 9.53 Å². The molecule has 1 N–H and O–H groups in total. The number of carbonyl (C=O) groups excluding carboxylic acids is 1. The first-order valence-electron chi connectivity index (χ1n) is 9.87. The van der Waals surface area contributed by atoms with Gasteiger partial charge in [0.1, 0.15) is 11.6 Å². The molecule has 1 fully saturated rings. The van der Waals surface area contributed by atoms with Crippen LogP contribution in [0.4, 0.5) is 5.82 Å². The molecule has 2 aromatic rings. The second-order valence-corrected chi connectivity index (χ2v) is 7.07. The Morgan fingerprint density at radius 2 is 1.96 bits per heavy atom. The van der Waals surface area contributed by atoms with E-state index in [2.05, 4.69) is 27.3 Å². The van der Waals surface area contributed by atoms with Gasteiger partial charge in [-0.3, -0.25) is 4.79 Å². The van der Waals surface area contributed by atoms with Gasteiger partial charge in [0, 0.05) is 32.3 Å². The van der Waals surface area contributed by atoms with E-state index in [9.17, 15) is 4.79 Å². The number of pyridine rings is 1. The van der Waals surface area contributed by atoms with Crippen LogP contribution < -0.4 is 15.0 Å². The molecule has 5 heteroatoms. The highest BCUT2D eigenvalue weighted by Gasteiger charge is 2.11. The molecule has 0 aliphatic carbocycles. The number of para-hydroxylation sites is 1. The van der Waals surface area contributed by atoms with E-state index in [0.29, 0.717) is 26.0 Å². The topological polar surface area (TPSA) is 54.5 Å². The summed E-state index contributed by atoms with van der Waals surface area (Å²) in [5.74, 6) is 1.97. The number of nitrogens with zero attached hydrogens (tertiary/aromatic N) is 2. The Labute approximate surface area is 161 Å². The lowest BCUT2D eigenvalue weighted by atomic mass is 10.1. The minimum Gasteiger partial charge on any atom is -0.493 e. The lowest BCUT2D eigenvalue weighted by Crippen LogP contribution is -2.30. The summed E-state index contributed by atoms with van der Waals surface area (Å²) in [6.07, 6.45) is 6.83. The predicted molar refractivity (Wildman–Crippen MR) is 108 cm³/mol. The second kappa shape index (κ2) is 9.95. The van der Waals surface area contributed by atoms with Crippen molar-refractivity contribution in [2.75, 3.05) is 24.6 Å². The average molecular weight is 367 g/mol. The summed E-state index contributed by atoms with van der Waals surface area (Å²) in [5, 5.41) is 2.96. The van der Waals surface area contributed by atoms with Gasteiger partial charge in [-0.15, -0.1) is 0 Å². The zero-order valence-electron chi connectivity index (χ0n) is 16.1. The molecular weight excluding hydrogens is 338 g/mol. The van der Waals surface area contributed by atoms with Gasteiger partial charge >= 0.3 is 0 Å². The van der Waals surface area contributed by atoms with Crippen LogP contribution in [-0.2, 0) is 11.3 Å². The fourth-order valence-electron chi connectivity index (χ4n) is 3.25. The minimum atomic E-state index is 0.0449. The van der Waals surface area contributed by atoms with E-state index < -0.39 is 0 Å². The number of carbonyl (C=O) groups is 1. The number of hydrogen-bond donors (Lipinski definition) is 1. The lowest BCUT2D eigenvalue weighted by molar-refractivity contribution is -0.121. The molecule has 5 nitrogen and oxygen atoms in total. The predicted octanol–water partition coefficient (Wildman–Crippen LogP) is 3.86. The molecule has 1 aliphatic heterocycles. The number of ether oxygens (including phenoxy) is 1. The molecule has 1 aromatic carbocycles. The number of aryl methyl sites for hydroxylation is 1. The van der Waals surface area contributed by atoms with Crippen molar-refractivity contribution in [1.29, 1.82) is 0 Å². The summed E-state index contributed by atoms with van der Waals surface area (Å²) in [5.41, 5.74) is 2.14. The van der Waals surface area contributed by atoms with Crippen molar-refractivity contribution in [3.05, 3.63) is 53.7 Å². The number of anilines is 1. The van der Waals surface area contributed by atoms with Crippen LogP contribution in [0.25, 0.3) is 0 Å². The van der Waals surface area contributed by atoms with E-state index in [0.717, 1.165) is 35.8 Å². The lowest BCUT2D eigenvalue weighted by Gasteiger charge is -2.27. The van der Waals surface area contributed by atoms with E-state index in [-0.39, 0.29) is 5.91 Å². The fraction of sp³-hybridized carbons (Fsp3) is 0.455. The number of aromatic nitrogens is 1. The summed E-state index contributed by atoms with van der Waals surface area (Å²) in [6.45, 7) is 5.27. The Bertz CT molecular complexity index is 725. The highest BCUT2D eigenvalue weighted by molar-refractivity contribution is 5.75. The van der Waals surface area contributed by atoms with Gasteiger partial charge in [0.25, 0.3) is 0 Å². The van der Waals surface area contributed by atoms with Crippen molar-refractivity contribution in [2.24, 2.45) is 0 Å². The zero-order chi connectivity index (χ0) is 18.9. The Balaban J connectivity index is 1.34. The second-order valence-electron chi connectivity index (χ2n) is 7.07. The van der Waals surface area contributed by atoms with Crippen LogP contribution in [-0.4, -0.2) is 30.6 Å². The normalized spacial score (nSPS) is 14.0. The fourth-order valence-corrected chi connectivity index (χ4v) is 3.25. The monoisotopic (exact) mass is 367 g/mol. The van der Waals surface area contributed by atoms with Gasteiger partial charge in [0.05, 0.1) is 6.61 Å². The molecule has 3 rings (SSSR count). The summed E-state index contributed by atoms with van der Waals surface area (Å²) in [4.78, 5) is 18.9. The van der Waals surface area contributed by atoms with E-state index >= 15 is 0 Å². The van der Waals surface area contributed by atoms with Crippen LogP contribution in [0.15, 0.2) is 42.6 Å². The SMILES string of the molecule is Cc1ccccc1OCCCC(=O)NCc1ccc(N2CCCCC2)nc1. The number of amides is 1. The molecule has 27 heavy (non-hydrogen) atoms. The standard InChI is InChI=1S/C22H29N3O2/c1-18-8-3-4-9-20(18)27-15-7-10-22(26)24-17-19-11-12-21(23-16-19)25-13-5-2-6-14-25/h3-4,8-9,11-12,16H,2,5-7,10,13-15,17H2,1H3,(H,24,26). The number of hydrogen-bond acceptors (Lipinski definition) is 4. The van der Waals surface area contributed by atoms with Crippen molar-refractivity contribution in [1.82, 2.24) is 10.3 Å². The summed E-state index contributed by atoms with van der Waals surface area (Å²) in [7, 11) is 0. The molecular formula is C22H29N3O2. The molecule has 0 radical (unpaired) electrons.